The van der Waals surface area contributed by atoms with Gasteiger partial charge in [-0.3, -0.25) is 0 Å². The Morgan fingerprint density at radius 2 is 1.80 bits per heavy atom. The lowest BCUT2D eigenvalue weighted by atomic mass is 10.2. The molecule has 0 atom stereocenters. The van der Waals surface area contributed by atoms with Crippen LogP contribution in [0.1, 0.15) is 5.56 Å². The molecule has 0 bridgehead atoms. The van der Waals surface area contributed by atoms with E-state index in [9.17, 15) is 12.8 Å². The molecule has 0 aromatic heterocycles. The highest BCUT2D eigenvalue weighted by Gasteiger charge is 2.23. The van der Waals surface area contributed by atoms with Crippen molar-refractivity contribution in [3.8, 4) is 0 Å². The molecule has 0 aliphatic rings. The van der Waals surface area contributed by atoms with E-state index in [0.29, 0.717) is 0 Å². The Balaban J connectivity index is 2.30. The van der Waals surface area contributed by atoms with E-state index in [1.54, 1.807) is 0 Å². The number of nitrogen functional groups attached to an aromatic ring is 1. The summed E-state index contributed by atoms with van der Waals surface area (Å²) >= 11 is 0. The predicted molar refractivity (Wildman–Crippen MR) is 75.9 cm³/mol. The highest BCUT2D eigenvalue weighted by molar-refractivity contribution is 7.89. The molecule has 0 unspecified atom stereocenters. The third-order valence-electron chi connectivity index (χ3n) is 2.91. The van der Waals surface area contributed by atoms with E-state index in [4.69, 9.17) is 5.73 Å². The van der Waals surface area contributed by atoms with E-state index >= 15 is 0 Å². The van der Waals surface area contributed by atoms with Gasteiger partial charge in [-0.15, -0.1) is 0 Å². The molecule has 0 radical (unpaired) electrons. The number of hydrogen-bond donors (Lipinski definition) is 1. The van der Waals surface area contributed by atoms with Crippen molar-refractivity contribution in [3.05, 3.63) is 59.9 Å². The van der Waals surface area contributed by atoms with Crippen molar-refractivity contribution in [2.45, 2.75) is 11.4 Å². The molecule has 0 aliphatic heterocycles. The molecule has 6 heteroatoms. The monoisotopic (exact) mass is 294 g/mol. The van der Waals surface area contributed by atoms with E-state index in [2.05, 4.69) is 0 Å². The highest BCUT2D eigenvalue weighted by Crippen LogP contribution is 2.23. The molecule has 0 spiro atoms. The number of halogens is 1. The van der Waals surface area contributed by atoms with Gasteiger partial charge in [0.2, 0.25) is 10.0 Å². The summed E-state index contributed by atoms with van der Waals surface area (Å²) in [5, 5.41) is 0. The first-order valence-corrected chi connectivity index (χ1v) is 7.40. The minimum Gasteiger partial charge on any atom is -0.398 e. The fourth-order valence-electron chi connectivity index (χ4n) is 1.85. The maximum atomic E-state index is 13.0. The van der Waals surface area contributed by atoms with E-state index in [1.165, 1.54) is 17.4 Å². The van der Waals surface area contributed by atoms with E-state index in [0.717, 1.165) is 17.7 Å². The summed E-state index contributed by atoms with van der Waals surface area (Å²) in [6.45, 7) is 0.222. The van der Waals surface area contributed by atoms with Crippen molar-refractivity contribution in [2.75, 3.05) is 12.8 Å². The number of sulfonamides is 1. The zero-order valence-corrected chi connectivity index (χ0v) is 11.8. The molecule has 2 aromatic rings. The number of anilines is 1. The van der Waals surface area contributed by atoms with Crippen molar-refractivity contribution in [1.29, 1.82) is 0 Å². The van der Waals surface area contributed by atoms with Gasteiger partial charge in [0.1, 0.15) is 10.7 Å². The molecule has 106 valence electrons. The first kappa shape index (κ1) is 14.5. The second-order valence-electron chi connectivity index (χ2n) is 4.43. The van der Waals surface area contributed by atoms with Gasteiger partial charge in [-0.05, 0) is 23.8 Å². The van der Waals surface area contributed by atoms with Crippen LogP contribution < -0.4 is 5.73 Å². The number of nitrogens with zero attached hydrogens (tertiary/aromatic N) is 1. The van der Waals surface area contributed by atoms with Crippen molar-refractivity contribution in [1.82, 2.24) is 4.31 Å². The molecular formula is C14H15FN2O2S. The van der Waals surface area contributed by atoms with Gasteiger partial charge in [-0.1, -0.05) is 30.3 Å². The Hall–Kier alpha value is -1.92. The van der Waals surface area contributed by atoms with Gasteiger partial charge in [0, 0.05) is 13.6 Å². The molecule has 0 saturated carbocycles. The number of hydrogen-bond acceptors (Lipinski definition) is 3. The third-order valence-corrected chi connectivity index (χ3v) is 4.79. The van der Waals surface area contributed by atoms with E-state index in [-0.39, 0.29) is 17.1 Å². The van der Waals surface area contributed by atoms with Gasteiger partial charge >= 0.3 is 0 Å². The van der Waals surface area contributed by atoms with Gasteiger partial charge in [0.15, 0.2) is 0 Å². The zero-order valence-electron chi connectivity index (χ0n) is 11.0. The summed E-state index contributed by atoms with van der Waals surface area (Å²) in [6, 6.07) is 12.5. The molecule has 0 amide bonds. The van der Waals surface area contributed by atoms with E-state index < -0.39 is 15.8 Å². The topological polar surface area (TPSA) is 63.4 Å². The van der Waals surface area contributed by atoms with Crippen LogP contribution in [0, 0.1) is 5.82 Å². The van der Waals surface area contributed by atoms with Crippen LogP contribution in [0.25, 0.3) is 0 Å². The van der Waals surface area contributed by atoms with Crippen LogP contribution in [0.5, 0.6) is 0 Å². The quantitative estimate of drug-likeness (QED) is 0.880. The lowest BCUT2D eigenvalue weighted by molar-refractivity contribution is 0.467. The summed E-state index contributed by atoms with van der Waals surface area (Å²) in [7, 11) is -2.28. The van der Waals surface area contributed by atoms with Crippen LogP contribution >= 0.6 is 0 Å². The number of benzene rings is 2. The fourth-order valence-corrected chi connectivity index (χ4v) is 3.10. The standard InChI is InChI=1S/C14H15FN2O2S/c1-17(10-11-5-3-2-4-6-11)20(18,19)14-8-7-12(15)9-13(14)16/h2-9H,10,16H2,1H3. The normalized spacial score (nSPS) is 11.8. The van der Waals surface area contributed by atoms with Crippen LogP contribution in [-0.4, -0.2) is 19.8 Å². The molecule has 2 rings (SSSR count). The van der Waals surface area contributed by atoms with Crippen molar-refractivity contribution in [2.24, 2.45) is 0 Å². The fraction of sp³-hybridized carbons (Fsp3) is 0.143. The van der Waals surface area contributed by atoms with Crippen LogP contribution in [-0.2, 0) is 16.6 Å². The minimum atomic E-state index is -3.74. The molecule has 0 fully saturated rings. The Labute approximate surface area is 117 Å². The molecule has 2 N–H and O–H groups in total. The van der Waals surface area contributed by atoms with Gasteiger partial charge in [0.25, 0.3) is 0 Å². The zero-order chi connectivity index (χ0) is 14.8. The van der Waals surface area contributed by atoms with Gasteiger partial charge < -0.3 is 5.73 Å². The SMILES string of the molecule is CN(Cc1ccccc1)S(=O)(=O)c1ccc(F)cc1N. The average Bonchev–Trinajstić information content (AvgIpc) is 2.39. The second-order valence-corrected chi connectivity index (χ2v) is 6.44. The Kier molecular flexibility index (Phi) is 4.06. The van der Waals surface area contributed by atoms with E-state index in [1.807, 2.05) is 30.3 Å². The second kappa shape index (κ2) is 5.60. The summed E-state index contributed by atoms with van der Waals surface area (Å²) in [6.07, 6.45) is 0. The molecule has 0 heterocycles. The maximum absolute atomic E-state index is 13.0. The molecule has 0 saturated heterocycles. The van der Waals surface area contributed by atoms with Crippen LogP contribution in [0.3, 0.4) is 0 Å². The lowest BCUT2D eigenvalue weighted by Gasteiger charge is -2.18. The number of rotatable bonds is 4. The highest BCUT2D eigenvalue weighted by atomic mass is 32.2. The molecule has 2 aromatic carbocycles. The van der Waals surface area contributed by atoms with Crippen LogP contribution in [0.15, 0.2) is 53.4 Å². The number of nitrogens with two attached hydrogens (primary N) is 1. The molecular weight excluding hydrogens is 279 g/mol. The Morgan fingerprint density at radius 3 is 2.40 bits per heavy atom. The Morgan fingerprint density at radius 1 is 1.15 bits per heavy atom. The molecule has 4 nitrogen and oxygen atoms in total. The third kappa shape index (κ3) is 2.97. The first-order valence-electron chi connectivity index (χ1n) is 5.96. The van der Waals surface area contributed by atoms with Crippen LogP contribution in [0.2, 0.25) is 0 Å². The predicted octanol–water partition coefficient (Wildman–Crippen LogP) is 2.23. The summed E-state index contributed by atoms with van der Waals surface area (Å²) in [5.74, 6) is -0.563. The smallest absolute Gasteiger partial charge is 0.245 e. The summed E-state index contributed by atoms with van der Waals surface area (Å²) in [5.41, 5.74) is 6.36. The molecule has 20 heavy (non-hydrogen) atoms. The lowest BCUT2D eigenvalue weighted by Crippen LogP contribution is -2.27. The van der Waals surface area contributed by atoms with Crippen LogP contribution in [0.4, 0.5) is 10.1 Å². The van der Waals surface area contributed by atoms with Gasteiger partial charge in [0.05, 0.1) is 5.69 Å². The largest absolute Gasteiger partial charge is 0.398 e. The Bertz CT molecular complexity index is 702. The first-order chi connectivity index (χ1) is 9.41. The summed E-state index contributed by atoms with van der Waals surface area (Å²) < 4.78 is 39.0. The van der Waals surface area contributed by atoms with Crippen molar-refractivity contribution < 1.29 is 12.8 Å². The minimum absolute atomic E-state index is 0.0858. The summed E-state index contributed by atoms with van der Waals surface area (Å²) in [4.78, 5) is -0.0858. The van der Waals surface area contributed by atoms with Gasteiger partial charge in [-0.2, -0.15) is 4.31 Å². The van der Waals surface area contributed by atoms with Gasteiger partial charge in [-0.25, -0.2) is 12.8 Å². The van der Waals surface area contributed by atoms with Crippen molar-refractivity contribution >= 4 is 15.7 Å². The molecule has 0 aliphatic carbocycles. The average molecular weight is 294 g/mol. The van der Waals surface area contributed by atoms with Crippen molar-refractivity contribution in [3.63, 3.8) is 0 Å². The maximum Gasteiger partial charge on any atom is 0.245 e.